The molecule has 0 aliphatic carbocycles. The van der Waals surface area contributed by atoms with Crippen LogP contribution in [-0.2, 0) is 4.74 Å². The van der Waals surface area contributed by atoms with Crippen molar-refractivity contribution in [1.82, 2.24) is 0 Å². The molecule has 0 saturated carbocycles. The van der Waals surface area contributed by atoms with Gasteiger partial charge in [0, 0.05) is 10.8 Å². The van der Waals surface area contributed by atoms with Crippen molar-refractivity contribution >= 4 is 11.6 Å². The molecule has 0 amide bonds. The van der Waals surface area contributed by atoms with Crippen LogP contribution >= 0.6 is 11.6 Å². The normalized spacial score (nSPS) is 21.7. The summed E-state index contributed by atoms with van der Waals surface area (Å²) in [5, 5.41) is 10.1. The van der Waals surface area contributed by atoms with Crippen molar-refractivity contribution < 1.29 is 9.66 Å². The zero-order valence-electron chi connectivity index (χ0n) is 5.38. The van der Waals surface area contributed by atoms with Crippen molar-refractivity contribution in [3.63, 3.8) is 0 Å². The molecule has 1 aliphatic rings. The molecule has 0 atom stereocenters. The Bertz CT molecular complexity index is 140. The molecular weight excluding hydrogens is 158 g/mol. The van der Waals surface area contributed by atoms with Gasteiger partial charge in [-0.3, -0.25) is 10.1 Å². The summed E-state index contributed by atoms with van der Waals surface area (Å²) in [7, 11) is 0. The maximum atomic E-state index is 10.1. The Labute approximate surface area is 63.3 Å². The first kappa shape index (κ1) is 7.75. The van der Waals surface area contributed by atoms with Crippen LogP contribution in [0.4, 0.5) is 0 Å². The molecule has 1 fully saturated rings. The molecule has 58 valence electrons. The van der Waals surface area contributed by atoms with Crippen LogP contribution in [0, 0.1) is 15.5 Å². The number of alkyl halides is 1. The SMILES string of the molecule is O=[N+]([O-])CC1(CCl)COC1. The maximum Gasteiger partial charge on any atom is 0.215 e. The second-order valence-electron chi connectivity index (χ2n) is 2.62. The molecule has 5 heteroatoms. The van der Waals surface area contributed by atoms with E-state index < -0.39 is 0 Å². The number of nitro groups is 1. The van der Waals surface area contributed by atoms with Crippen molar-refractivity contribution in [3.8, 4) is 0 Å². The number of rotatable bonds is 3. The fourth-order valence-electron chi connectivity index (χ4n) is 0.875. The van der Waals surface area contributed by atoms with E-state index in [9.17, 15) is 10.1 Å². The zero-order valence-corrected chi connectivity index (χ0v) is 6.13. The molecule has 0 aromatic rings. The van der Waals surface area contributed by atoms with Gasteiger partial charge in [-0.15, -0.1) is 11.6 Å². The third kappa shape index (κ3) is 1.38. The molecule has 1 rings (SSSR count). The van der Waals surface area contributed by atoms with Gasteiger partial charge in [0.15, 0.2) is 0 Å². The monoisotopic (exact) mass is 165 g/mol. The van der Waals surface area contributed by atoms with Gasteiger partial charge in [-0.05, 0) is 0 Å². The van der Waals surface area contributed by atoms with Gasteiger partial charge in [-0.25, -0.2) is 0 Å². The van der Waals surface area contributed by atoms with Crippen LogP contribution in [0.2, 0.25) is 0 Å². The van der Waals surface area contributed by atoms with Crippen molar-refractivity contribution in [2.75, 3.05) is 25.6 Å². The van der Waals surface area contributed by atoms with Crippen LogP contribution < -0.4 is 0 Å². The predicted molar refractivity (Wildman–Crippen MR) is 35.8 cm³/mol. The Kier molecular flexibility index (Phi) is 2.11. The Morgan fingerprint density at radius 1 is 1.70 bits per heavy atom. The lowest BCUT2D eigenvalue weighted by Crippen LogP contribution is -2.49. The minimum Gasteiger partial charge on any atom is -0.379 e. The Morgan fingerprint density at radius 3 is 2.40 bits per heavy atom. The number of hydrogen-bond acceptors (Lipinski definition) is 3. The van der Waals surface area contributed by atoms with E-state index in [0.29, 0.717) is 19.1 Å². The lowest BCUT2D eigenvalue weighted by Gasteiger charge is -2.35. The fraction of sp³-hybridized carbons (Fsp3) is 1.00. The van der Waals surface area contributed by atoms with Gasteiger partial charge in [0.25, 0.3) is 0 Å². The van der Waals surface area contributed by atoms with Gasteiger partial charge in [0.2, 0.25) is 6.54 Å². The Morgan fingerprint density at radius 2 is 2.30 bits per heavy atom. The topological polar surface area (TPSA) is 52.4 Å². The van der Waals surface area contributed by atoms with E-state index in [-0.39, 0.29) is 16.9 Å². The summed E-state index contributed by atoms with van der Waals surface area (Å²) in [5.41, 5.74) is -0.370. The summed E-state index contributed by atoms with van der Waals surface area (Å²) in [6.07, 6.45) is 0. The highest BCUT2D eigenvalue weighted by molar-refractivity contribution is 6.18. The first-order valence-corrected chi connectivity index (χ1v) is 3.47. The lowest BCUT2D eigenvalue weighted by molar-refractivity contribution is -0.505. The first-order chi connectivity index (χ1) is 4.68. The van der Waals surface area contributed by atoms with Gasteiger partial charge >= 0.3 is 0 Å². The fourth-order valence-corrected chi connectivity index (χ4v) is 1.11. The van der Waals surface area contributed by atoms with Crippen LogP contribution in [0.25, 0.3) is 0 Å². The van der Waals surface area contributed by atoms with Gasteiger partial charge < -0.3 is 4.74 Å². The Balaban J connectivity index is 2.40. The maximum absolute atomic E-state index is 10.1. The molecule has 0 radical (unpaired) electrons. The highest BCUT2D eigenvalue weighted by atomic mass is 35.5. The van der Waals surface area contributed by atoms with E-state index in [1.807, 2.05) is 0 Å². The van der Waals surface area contributed by atoms with E-state index in [1.54, 1.807) is 0 Å². The van der Waals surface area contributed by atoms with Crippen molar-refractivity contribution in [3.05, 3.63) is 10.1 Å². The standard InChI is InChI=1S/C5H8ClNO3/c6-1-5(2-7(8)9)3-10-4-5/h1-4H2. The second-order valence-corrected chi connectivity index (χ2v) is 2.88. The lowest BCUT2D eigenvalue weighted by atomic mass is 9.89. The minimum atomic E-state index is -0.370. The van der Waals surface area contributed by atoms with Crippen LogP contribution in [-0.4, -0.2) is 30.6 Å². The van der Waals surface area contributed by atoms with E-state index in [2.05, 4.69) is 0 Å². The number of hydrogen-bond donors (Lipinski definition) is 0. The highest BCUT2D eigenvalue weighted by Crippen LogP contribution is 2.28. The Hall–Kier alpha value is -0.350. The number of nitrogens with zero attached hydrogens (tertiary/aromatic N) is 1. The first-order valence-electron chi connectivity index (χ1n) is 2.94. The number of halogens is 1. The largest absolute Gasteiger partial charge is 0.379 e. The van der Waals surface area contributed by atoms with Gasteiger partial charge in [-0.1, -0.05) is 0 Å². The third-order valence-electron chi connectivity index (χ3n) is 1.56. The average molecular weight is 166 g/mol. The van der Waals surface area contributed by atoms with Crippen LogP contribution in [0.3, 0.4) is 0 Å². The van der Waals surface area contributed by atoms with Gasteiger partial charge in [0.1, 0.15) is 0 Å². The third-order valence-corrected chi connectivity index (χ3v) is 2.13. The average Bonchev–Trinajstić information content (AvgIpc) is 1.78. The molecule has 0 spiro atoms. The second kappa shape index (κ2) is 2.72. The van der Waals surface area contributed by atoms with Crippen LogP contribution in [0.1, 0.15) is 0 Å². The summed E-state index contributed by atoms with van der Waals surface area (Å²) in [4.78, 5) is 9.72. The molecule has 1 heterocycles. The molecule has 0 N–H and O–H groups in total. The predicted octanol–water partition coefficient (Wildman–Crippen LogP) is 0.518. The molecule has 0 unspecified atom stereocenters. The smallest absolute Gasteiger partial charge is 0.215 e. The molecule has 10 heavy (non-hydrogen) atoms. The van der Waals surface area contributed by atoms with E-state index in [0.717, 1.165) is 0 Å². The molecule has 0 bridgehead atoms. The van der Waals surface area contributed by atoms with Gasteiger partial charge in [-0.2, -0.15) is 0 Å². The molecule has 1 aliphatic heterocycles. The summed E-state index contributed by atoms with van der Waals surface area (Å²) in [6, 6.07) is 0. The van der Waals surface area contributed by atoms with Crippen LogP contribution in [0.15, 0.2) is 0 Å². The summed E-state index contributed by atoms with van der Waals surface area (Å²) < 4.78 is 4.84. The molecule has 0 aromatic carbocycles. The van der Waals surface area contributed by atoms with Crippen molar-refractivity contribution in [2.24, 2.45) is 5.41 Å². The van der Waals surface area contributed by atoms with E-state index >= 15 is 0 Å². The highest BCUT2D eigenvalue weighted by Gasteiger charge is 2.42. The van der Waals surface area contributed by atoms with Gasteiger partial charge in [0.05, 0.1) is 18.6 Å². The molecule has 0 aromatic heterocycles. The van der Waals surface area contributed by atoms with E-state index in [4.69, 9.17) is 16.3 Å². The zero-order chi connectivity index (χ0) is 7.61. The van der Waals surface area contributed by atoms with Crippen molar-refractivity contribution in [2.45, 2.75) is 0 Å². The molecule has 4 nitrogen and oxygen atoms in total. The minimum absolute atomic E-state index is 0.0729. The summed E-state index contributed by atoms with van der Waals surface area (Å²) in [6.45, 7) is 0.783. The van der Waals surface area contributed by atoms with Crippen LogP contribution in [0.5, 0.6) is 0 Å². The van der Waals surface area contributed by atoms with E-state index in [1.165, 1.54) is 0 Å². The van der Waals surface area contributed by atoms with Crippen molar-refractivity contribution in [1.29, 1.82) is 0 Å². The molecule has 1 saturated heterocycles. The summed E-state index contributed by atoms with van der Waals surface area (Å²) >= 11 is 5.52. The number of ether oxygens (including phenoxy) is 1. The molecular formula is C5H8ClNO3. The quantitative estimate of drug-likeness (QED) is 0.348. The summed E-state index contributed by atoms with van der Waals surface area (Å²) in [5.74, 6) is 0.313.